The Hall–Kier alpha value is -1.24. The average molecular weight is 378 g/mol. The Balaban J connectivity index is 2.44. The fraction of sp³-hybridized carbons (Fsp3) is 0. The van der Waals surface area contributed by atoms with Crippen LogP contribution in [0.3, 0.4) is 0 Å². The molecule has 104 valence electrons. The van der Waals surface area contributed by atoms with Crippen LogP contribution in [0.2, 0.25) is 5.02 Å². The van der Waals surface area contributed by atoms with Crippen LogP contribution >= 0.6 is 39.7 Å². The second kappa shape index (κ2) is 6.03. The summed E-state index contributed by atoms with van der Waals surface area (Å²) in [6, 6.07) is 7.07. The SMILES string of the molecule is NC(=S)c1cc(F)c(Nc2cc(Br)ccc2Cl)c(F)c1. The number of nitrogens with two attached hydrogens (primary N) is 1. The smallest absolute Gasteiger partial charge is 0.150 e. The van der Waals surface area contributed by atoms with E-state index in [1.54, 1.807) is 18.2 Å². The summed E-state index contributed by atoms with van der Waals surface area (Å²) in [7, 11) is 0. The fourth-order valence-corrected chi connectivity index (χ4v) is 2.21. The van der Waals surface area contributed by atoms with E-state index in [0.717, 1.165) is 16.6 Å². The van der Waals surface area contributed by atoms with E-state index in [1.165, 1.54) is 0 Å². The molecule has 3 N–H and O–H groups in total. The van der Waals surface area contributed by atoms with Gasteiger partial charge in [0.05, 0.1) is 10.7 Å². The van der Waals surface area contributed by atoms with Crippen molar-refractivity contribution in [3.8, 4) is 0 Å². The van der Waals surface area contributed by atoms with Gasteiger partial charge in [0.1, 0.15) is 22.3 Å². The van der Waals surface area contributed by atoms with Gasteiger partial charge in [0.25, 0.3) is 0 Å². The van der Waals surface area contributed by atoms with Crippen molar-refractivity contribution in [3.05, 3.63) is 57.0 Å². The molecule has 0 atom stereocenters. The van der Waals surface area contributed by atoms with Gasteiger partial charge in [-0.05, 0) is 30.3 Å². The quantitative estimate of drug-likeness (QED) is 0.758. The van der Waals surface area contributed by atoms with Crippen LogP contribution in [0.25, 0.3) is 0 Å². The third-order valence-electron chi connectivity index (χ3n) is 2.51. The number of nitrogens with one attached hydrogen (secondary N) is 1. The highest BCUT2D eigenvalue weighted by atomic mass is 79.9. The third-order valence-corrected chi connectivity index (χ3v) is 3.57. The zero-order chi connectivity index (χ0) is 14.9. The minimum atomic E-state index is -0.802. The topological polar surface area (TPSA) is 38.0 Å². The summed E-state index contributed by atoms with van der Waals surface area (Å²) < 4.78 is 28.6. The lowest BCUT2D eigenvalue weighted by Gasteiger charge is -2.12. The van der Waals surface area contributed by atoms with Crippen molar-refractivity contribution in [1.82, 2.24) is 0 Å². The van der Waals surface area contributed by atoms with Gasteiger partial charge < -0.3 is 11.1 Å². The molecule has 0 radical (unpaired) electrons. The first-order chi connectivity index (χ1) is 9.38. The first-order valence-corrected chi connectivity index (χ1v) is 6.97. The van der Waals surface area contributed by atoms with Crippen molar-refractivity contribution in [2.75, 3.05) is 5.32 Å². The lowest BCUT2D eigenvalue weighted by molar-refractivity contribution is 0.590. The van der Waals surface area contributed by atoms with Gasteiger partial charge in [0, 0.05) is 10.0 Å². The molecule has 0 saturated heterocycles. The Bertz CT molecular complexity index is 671. The molecule has 7 heteroatoms. The van der Waals surface area contributed by atoms with Crippen LogP contribution in [0.1, 0.15) is 5.56 Å². The monoisotopic (exact) mass is 376 g/mol. The number of hydrogen-bond acceptors (Lipinski definition) is 2. The van der Waals surface area contributed by atoms with Gasteiger partial charge in [-0.3, -0.25) is 0 Å². The molecule has 0 bridgehead atoms. The second-order valence-electron chi connectivity index (χ2n) is 3.93. The van der Waals surface area contributed by atoms with E-state index < -0.39 is 11.6 Å². The Morgan fingerprint density at radius 2 is 1.80 bits per heavy atom. The van der Waals surface area contributed by atoms with Gasteiger partial charge in [-0.15, -0.1) is 0 Å². The number of benzene rings is 2. The summed E-state index contributed by atoms with van der Waals surface area (Å²) in [5, 5.41) is 2.96. The van der Waals surface area contributed by atoms with Crippen LogP contribution in [0.4, 0.5) is 20.2 Å². The largest absolute Gasteiger partial charge is 0.389 e. The van der Waals surface area contributed by atoms with E-state index in [4.69, 9.17) is 17.3 Å². The van der Waals surface area contributed by atoms with E-state index in [9.17, 15) is 8.78 Å². The molecule has 0 amide bonds. The summed E-state index contributed by atoms with van der Waals surface area (Å²) in [5.41, 5.74) is 5.54. The molecule has 0 aliphatic heterocycles. The maximum absolute atomic E-state index is 13.9. The number of halogens is 4. The highest BCUT2D eigenvalue weighted by Gasteiger charge is 2.14. The first-order valence-electron chi connectivity index (χ1n) is 5.39. The van der Waals surface area contributed by atoms with Crippen molar-refractivity contribution >= 4 is 56.1 Å². The zero-order valence-corrected chi connectivity index (χ0v) is 13.0. The van der Waals surface area contributed by atoms with E-state index in [2.05, 4.69) is 33.5 Å². The minimum absolute atomic E-state index is 0.0742. The van der Waals surface area contributed by atoms with Gasteiger partial charge >= 0.3 is 0 Å². The van der Waals surface area contributed by atoms with Crippen LogP contribution in [-0.2, 0) is 0 Å². The zero-order valence-electron chi connectivity index (χ0n) is 9.88. The molecule has 2 rings (SSSR count). The van der Waals surface area contributed by atoms with Crippen molar-refractivity contribution in [2.24, 2.45) is 5.73 Å². The summed E-state index contributed by atoms with van der Waals surface area (Å²) in [5.74, 6) is -1.60. The molecule has 0 spiro atoms. The number of rotatable bonds is 3. The maximum atomic E-state index is 13.9. The molecule has 0 aliphatic carbocycles. The lowest BCUT2D eigenvalue weighted by atomic mass is 10.1. The third kappa shape index (κ3) is 3.26. The van der Waals surface area contributed by atoms with E-state index in [1.807, 2.05) is 0 Å². The normalized spacial score (nSPS) is 10.4. The predicted molar refractivity (Wildman–Crippen MR) is 84.7 cm³/mol. The van der Waals surface area contributed by atoms with Crippen molar-refractivity contribution < 1.29 is 8.78 Å². The highest BCUT2D eigenvalue weighted by Crippen LogP contribution is 2.31. The van der Waals surface area contributed by atoms with E-state index in [-0.39, 0.29) is 16.2 Å². The van der Waals surface area contributed by atoms with Crippen LogP contribution < -0.4 is 11.1 Å². The van der Waals surface area contributed by atoms with E-state index in [0.29, 0.717) is 10.7 Å². The number of hydrogen-bond donors (Lipinski definition) is 2. The standard InChI is InChI=1S/C13H8BrClF2N2S/c14-7-1-2-8(15)11(5-7)19-12-9(16)3-6(13(18)20)4-10(12)17/h1-5,19H,(H2,18,20). The molecule has 0 unspecified atom stereocenters. The molecule has 0 aromatic heterocycles. The van der Waals surface area contributed by atoms with Crippen LogP contribution in [-0.4, -0.2) is 4.99 Å². The van der Waals surface area contributed by atoms with E-state index >= 15 is 0 Å². The van der Waals surface area contributed by atoms with Crippen molar-refractivity contribution in [3.63, 3.8) is 0 Å². The van der Waals surface area contributed by atoms with Crippen molar-refractivity contribution in [1.29, 1.82) is 0 Å². The summed E-state index contributed by atoms with van der Waals surface area (Å²) in [6.45, 7) is 0. The molecule has 0 aliphatic rings. The molecule has 0 fully saturated rings. The summed E-state index contributed by atoms with van der Waals surface area (Å²) in [4.78, 5) is -0.0742. The van der Waals surface area contributed by atoms with Gasteiger partial charge in [-0.1, -0.05) is 39.7 Å². The van der Waals surface area contributed by atoms with Gasteiger partial charge in [0.2, 0.25) is 0 Å². The van der Waals surface area contributed by atoms with Crippen LogP contribution in [0.5, 0.6) is 0 Å². The average Bonchev–Trinajstić information content (AvgIpc) is 2.37. The molecule has 0 heterocycles. The Morgan fingerprint density at radius 1 is 1.20 bits per heavy atom. The molecule has 0 saturated carbocycles. The van der Waals surface area contributed by atoms with Crippen molar-refractivity contribution in [2.45, 2.75) is 0 Å². The fourth-order valence-electron chi connectivity index (χ4n) is 1.56. The number of anilines is 2. The number of thiocarbonyl (C=S) groups is 1. The predicted octanol–water partition coefficient (Wildman–Crippen LogP) is 4.76. The Kier molecular flexibility index (Phi) is 4.57. The summed E-state index contributed by atoms with van der Waals surface area (Å²) in [6.07, 6.45) is 0. The maximum Gasteiger partial charge on any atom is 0.150 e. The van der Waals surface area contributed by atoms with Crippen LogP contribution in [0, 0.1) is 11.6 Å². The minimum Gasteiger partial charge on any atom is -0.389 e. The summed E-state index contributed by atoms with van der Waals surface area (Å²) >= 11 is 13.9. The molecule has 2 aromatic carbocycles. The highest BCUT2D eigenvalue weighted by molar-refractivity contribution is 9.10. The molecular weight excluding hydrogens is 370 g/mol. The van der Waals surface area contributed by atoms with Gasteiger partial charge in [-0.25, -0.2) is 8.78 Å². The van der Waals surface area contributed by atoms with Crippen LogP contribution in [0.15, 0.2) is 34.8 Å². The molecule has 2 aromatic rings. The lowest BCUT2D eigenvalue weighted by Crippen LogP contribution is -2.11. The molecule has 20 heavy (non-hydrogen) atoms. The first kappa shape index (κ1) is 15.2. The Labute approximate surface area is 133 Å². The second-order valence-corrected chi connectivity index (χ2v) is 5.69. The molecule has 2 nitrogen and oxygen atoms in total. The van der Waals surface area contributed by atoms with Gasteiger partial charge in [-0.2, -0.15) is 0 Å². The Morgan fingerprint density at radius 3 is 2.35 bits per heavy atom. The molecular formula is C13H8BrClF2N2S. The van der Waals surface area contributed by atoms with Gasteiger partial charge in [0.15, 0.2) is 0 Å².